The van der Waals surface area contributed by atoms with Crippen molar-refractivity contribution in [1.82, 2.24) is 10.1 Å². The van der Waals surface area contributed by atoms with Crippen molar-refractivity contribution in [2.75, 3.05) is 5.73 Å². The lowest BCUT2D eigenvalue weighted by atomic mass is 10.0. The molecular weight excluding hydrogens is 262 g/mol. The highest BCUT2D eigenvalue weighted by atomic mass is 35.5. The van der Waals surface area contributed by atoms with E-state index in [2.05, 4.69) is 10.1 Å². The molecule has 0 spiro atoms. The summed E-state index contributed by atoms with van der Waals surface area (Å²) in [6, 6.07) is 11.1. The van der Waals surface area contributed by atoms with Gasteiger partial charge in [0.2, 0.25) is 5.88 Å². The van der Waals surface area contributed by atoms with Gasteiger partial charge in [0.05, 0.1) is 5.56 Å². The van der Waals surface area contributed by atoms with Gasteiger partial charge in [-0.05, 0) is 29.8 Å². The van der Waals surface area contributed by atoms with Gasteiger partial charge in [0.25, 0.3) is 0 Å². The number of pyridine rings is 1. The van der Waals surface area contributed by atoms with Gasteiger partial charge >= 0.3 is 0 Å². The zero-order valence-electron chi connectivity index (χ0n) is 9.88. The molecule has 0 amide bonds. The fraction of sp³-hybridized carbons (Fsp3) is 0. The van der Waals surface area contributed by atoms with Crippen molar-refractivity contribution in [2.45, 2.75) is 0 Å². The fourth-order valence-corrected chi connectivity index (χ4v) is 2.12. The molecule has 4 nitrogen and oxygen atoms in total. The van der Waals surface area contributed by atoms with Gasteiger partial charge < -0.3 is 10.3 Å². The third kappa shape index (κ3) is 2.18. The monoisotopic (exact) mass is 271 g/mol. The van der Waals surface area contributed by atoms with Crippen molar-refractivity contribution in [3.05, 3.63) is 53.8 Å². The van der Waals surface area contributed by atoms with Crippen LogP contribution in [0, 0.1) is 0 Å². The van der Waals surface area contributed by atoms with Gasteiger partial charge in [0, 0.05) is 23.0 Å². The summed E-state index contributed by atoms with van der Waals surface area (Å²) in [6.45, 7) is 0. The van der Waals surface area contributed by atoms with Crippen LogP contribution in [0.15, 0.2) is 53.3 Å². The molecule has 0 aliphatic rings. The number of halogens is 1. The second-order valence-electron chi connectivity index (χ2n) is 4.02. The van der Waals surface area contributed by atoms with Crippen LogP contribution in [-0.4, -0.2) is 10.1 Å². The molecule has 0 bridgehead atoms. The molecule has 2 aromatic heterocycles. The standard InChI is InChI=1S/C14H10ClN3O/c15-11-5-1-3-9(7-11)12-13(18-19-14(12)16)10-4-2-6-17-8-10/h1-8H,16H2. The Kier molecular flexibility index (Phi) is 2.93. The molecule has 0 radical (unpaired) electrons. The van der Waals surface area contributed by atoms with Crippen LogP contribution >= 0.6 is 11.6 Å². The molecule has 2 N–H and O–H groups in total. The summed E-state index contributed by atoms with van der Waals surface area (Å²) in [5, 5.41) is 4.64. The Labute approximate surface area is 114 Å². The Morgan fingerprint density at radius 1 is 1.11 bits per heavy atom. The van der Waals surface area contributed by atoms with Crippen LogP contribution in [0.25, 0.3) is 22.4 Å². The van der Waals surface area contributed by atoms with Crippen molar-refractivity contribution in [3.63, 3.8) is 0 Å². The minimum absolute atomic E-state index is 0.265. The van der Waals surface area contributed by atoms with Crippen LogP contribution in [-0.2, 0) is 0 Å². The van der Waals surface area contributed by atoms with Crippen LogP contribution in [0.3, 0.4) is 0 Å². The van der Waals surface area contributed by atoms with E-state index in [1.807, 2.05) is 30.3 Å². The minimum Gasteiger partial charge on any atom is -0.367 e. The number of hydrogen-bond acceptors (Lipinski definition) is 4. The van der Waals surface area contributed by atoms with E-state index in [0.29, 0.717) is 10.7 Å². The number of anilines is 1. The van der Waals surface area contributed by atoms with Crippen molar-refractivity contribution in [3.8, 4) is 22.4 Å². The van der Waals surface area contributed by atoms with Gasteiger partial charge in [0.1, 0.15) is 5.69 Å². The van der Waals surface area contributed by atoms with Crippen LogP contribution in [0.1, 0.15) is 0 Å². The third-order valence-corrected chi connectivity index (χ3v) is 3.00. The molecule has 19 heavy (non-hydrogen) atoms. The van der Waals surface area contributed by atoms with Crippen molar-refractivity contribution < 1.29 is 4.52 Å². The van der Waals surface area contributed by atoms with Crippen molar-refractivity contribution in [2.24, 2.45) is 0 Å². The molecule has 0 saturated carbocycles. The molecular formula is C14H10ClN3O. The van der Waals surface area contributed by atoms with Gasteiger partial charge in [0.15, 0.2) is 0 Å². The van der Waals surface area contributed by atoms with Crippen LogP contribution in [0.2, 0.25) is 5.02 Å². The smallest absolute Gasteiger partial charge is 0.230 e. The highest BCUT2D eigenvalue weighted by molar-refractivity contribution is 6.30. The Balaban J connectivity index is 2.20. The van der Waals surface area contributed by atoms with Gasteiger partial charge in [-0.15, -0.1) is 0 Å². The third-order valence-electron chi connectivity index (χ3n) is 2.77. The molecule has 1 aromatic carbocycles. The molecule has 3 rings (SSSR count). The lowest BCUT2D eigenvalue weighted by molar-refractivity contribution is 0.439. The number of benzene rings is 1. The van der Waals surface area contributed by atoms with E-state index in [-0.39, 0.29) is 5.88 Å². The Morgan fingerprint density at radius 2 is 1.95 bits per heavy atom. The molecule has 94 valence electrons. The van der Waals surface area contributed by atoms with E-state index in [1.54, 1.807) is 18.5 Å². The van der Waals surface area contributed by atoms with E-state index in [0.717, 1.165) is 16.7 Å². The molecule has 0 saturated heterocycles. The predicted molar refractivity (Wildman–Crippen MR) is 74.6 cm³/mol. The van der Waals surface area contributed by atoms with Gasteiger partial charge in [-0.25, -0.2) is 0 Å². The van der Waals surface area contributed by atoms with Crippen molar-refractivity contribution in [1.29, 1.82) is 0 Å². The van der Waals surface area contributed by atoms with Gasteiger partial charge in [-0.3, -0.25) is 4.98 Å². The van der Waals surface area contributed by atoms with Crippen LogP contribution in [0.4, 0.5) is 5.88 Å². The Hall–Kier alpha value is -2.33. The summed E-state index contributed by atoms with van der Waals surface area (Å²) in [5.41, 5.74) is 8.97. The molecule has 3 aromatic rings. The highest BCUT2D eigenvalue weighted by Crippen LogP contribution is 2.36. The lowest BCUT2D eigenvalue weighted by Crippen LogP contribution is -1.88. The molecule has 0 aliphatic carbocycles. The average Bonchev–Trinajstić information content (AvgIpc) is 2.82. The highest BCUT2D eigenvalue weighted by Gasteiger charge is 2.17. The number of nitrogens with two attached hydrogens (primary N) is 1. The first-order chi connectivity index (χ1) is 9.25. The summed E-state index contributed by atoms with van der Waals surface area (Å²) in [4.78, 5) is 4.07. The van der Waals surface area contributed by atoms with E-state index in [9.17, 15) is 0 Å². The van der Waals surface area contributed by atoms with E-state index >= 15 is 0 Å². The fourth-order valence-electron chi connectivity index (χ4n) is 1.93. The summed E-state index contributed by atoms with van der Waals surface area (Å²) < 4.78 is 5.10. The molecule has 5 heteroatoms. The molecule has 2 heterocycles. The first kappa shape index (κ1) is 11.7. The summed E-state index contributed by atoms with van der Waals surface area (Å²) in [6.07, 6.45) is 3.41. The predicted octanol–water partition coefficient (Wildman–Crippen LogP) is 3.64. The summed E-state index contributed by atoms with van der Waals surface area (Å²) in [5.74, 6) is 0.265. The first-order valence-corrected chi connectivity index (χ1v) is 6.05. The van der Waals surface area contributed by atoms with E-state index in [4.69, 9.17) is 21.9 Å². The average molecular weight is 272 g/mol. The number of hydrogen-bond donors (Lipinski definition) is 1. The SMILES string of the molecule is Nc1onc(-c2cccnc2)c1-c1cccc(Cl)c1. The van der Waals surface area contributed by atoms with E-state index in [1.165, 1.54) is 0 Å². The van der Waals surface area contributed by atoms with Crippen molar-refractivity contribution >= 4 is 17.5 Å². The number of rotatable bonds is 2. The Bertz CT molecular complexity index is 710. The summed E-state index contributed by atoms with van der Waals surface area (Å²) >= 11 is 6.01. The quantitative estimate of drug-likeness (QED) is 0.773. The normalized spacial score (nSPS) is 10.6. The minimum atomic E-state index is 0.265. The lowest BCUT2D eigenvalue weighted by Gasteiger charge is -2.02. The maximum atomic E-state index is 6.01. The summed E-state index contributed by atoms with van der Waals surface area (Å²) in [7, 11) is 0. The second kappa shape index (κ2) is 4.74. The number of aromatic nitrogens is 2. The van der Waals surface area contributed by atoms with Gasteiger partial charge in [-0.2, -0.15) is 0 Å². The number of nitrogens with zero attached hydrogens (tertiary/aromatic N) is 2. The van der Waals surface area contributed by atoms with Crippen LogP contribution in [0.5, 0.6) is 0 Å². The zero-order chi connectivity index (χ0) is 13.2. The van der Waals surface area contributed by atoms with E-state index < -0.39 is 0 Å². The molecule has 0 unspecified atom stereocenters. The first-order valence-electron chi connectivity index (χ1n) is 5.67. The number of nitrogen functional groups attached to an aromatic ring is 1. The largest absolute Gasteiger partial charge is 0.367 e. The topological polar surface area (TPSA) is 64.9 Å². The van der Waals surface area contributed by atoms with Gasteiger partial charge in [-0.1, -0.05) is 28.9 Å². The molecule has 0 fully saturated rings. The zero-order valence-corrected chi connectivity index (χ0v) is 10.6. The van der Waals surface area contributed by atoms with Crippen LogP contribution < -0.4 is 5.73 Å². The maximum Gasteiger partial charge on any atom is 0.230 e. The second-order valence-corrected chi connectivity index (χ2v) is 4.46. The Morgan fingerprint density at radius 3 is 2.68 bits per heavy atom. The maximum absolute atomic E-state index is 6.01. The molecule has 0 aliphatic heterocycles. The molecule has 0 atom stereocenters.